The Balaban J connectivity index is 1.29. The summed E-state index contributed by atoms with van der Waals surface area (Å²) in [5, 5.41) is 5.13. The van der Waals surface area contributed by atoms with Gasteiger partial charge < -0.3 is 10.6 Å². The van der Waals surface area contributed by atoms with Gasteiger partial charge in [-0.2, -0.15) is 0 Å². The number of para-hydroxylation sites is 1. The van der Waals surface area contributed by atoms with Gasteiger partial charge in [0.15, 0.2) is 0 Å². The molecule has 9 nitrogen and oxygen atoms in total. The number of carbonyl (C=O) groups is 3. The van der Waals surface area contributed by atoms with Gasteiger partial charge >= 0.3 is 6.03 Å². The van der Waals surface area contributed by atoms with Crippen LogP contribution in [0.3, 0.4) is 0 Å². The maximum absolute atomic E-state index is 12.9. The molecule has 1 aliphatic heterocycles. The van der Waals surface area contributed by atoms with E-state index in [1.54, 1.807) is 30.8 Å². The highest BCUT2D eigenvalue weighted by Gasteiger charge is 2.59. The molecule has 2 heterocycles. The number of fused-ring (bicyclic) bond motifs is 5. The number of urea groups is 1. The number of aromatic nitrogens is 2. The number of hydrogen-bond donors (Lipinski definition) is 2. The third kappa shape index (κ3) is 2.83. The fourth-order valence-corrected chi connectivity index (χ4v) is 5.14. The number of hydrogen-bond acceptors (Lipinski definition) is 4. The van der Waals surface area contributed by atoms with E-state index in [1.807, 2.05) is 30.4 Å². The molecular formula is C22H23N5O4. The van der Waals surface area contributed by atoms with E-state index < -0.39 is 6.03 Å². The summed E-state index contributed by atoms with van der Waals surface area (Å²) in [6.45, 7) is 1.52. The van der Waals surface area contributed by atoms with Crippen LogP contribution in [0.5, 0.6) is 0 Å². The van der Waals surface area contributed by atoms with Gasteiger partial charge in [-0.3, -0.25) is 24.0 Å². The average molecular weight is 421 g/mol. The molecule has 2 aliphatic carbocycles. The van der Waals surface area contributed by atoms with Crippen molar-refractivity contribution in [2.24, 2.45) is 30.7 Å². The van der Waals surface area contributed by atoms with Crippen molar-refractivity contribution in [1.29, 1.82) is 0 Å². The smallest absolute Gasteiger partial charge is 0.320 e. The highest BCUT2D eigenvalue weighted by Crippen LogP contribution is 2.52. The summed E-state index contributed by atoms with van der Waals surface area (Å²) in [5.74, 6) is -0.824. The number of rotatable bonds is 4. The molecule has 31 heavy (non-hydrogen) atoms. The predicted octanol–water partition coefficient (Wildman–Crippen LogP) is 1.37. The molecule has 4 unspecified atom stereocenters. The van der Waals surface area contributed by atoms with Gasteiger partial charge in [-0.15, -0.1) is 0 Å². The molecule has 4 atom stereocenters. The van der Waals surface area contributed by atoms with Crippen molar-refractivity contribution in [2.45, 2.75) is 13.3 Å². The highest BCUT2D eigenvalue weighted by atomic mass is 16.2. The van der Waals surface area contributed by atoms with Gasteiger partial charge in [0.05, 0.1) is 23.2 Å². The van der Waals surface area contributed by atoms with Gasteiger partial charge in [-0.25, -0.2) is 9.48 Å². The molecule has 0 radical (unpaired) electrons. The fraction of sp³-hybridized carbons (Fsp3) is 0.364. The zero-order chi connectivity index (χ0) is 21.9. The van der Waals surface area contributed by atoms with Crippen LogP contribution in [0.4, 0.5) is 10.5 Å². The van der Waals surface area contributed by atoms with E-state index in [2.05, 4.69) is 10.6 Å². The lowest BCUT2D eigenvalue weighted by atomic mass is 9.85. The zero-order valence-electron chi connectivity index (χ0n) is 17.2. The molecule has 4 amide bonds. The van der Waals surface area contributed by atoms with Crippen molar-refractivity contribution in [1.82, 2.24) is 19.6 Å². The molecule has 1 aromatic carbocycles. The number of nitrogens with zero attached hydrogens (tertiary/aromatic N) is 3. The number of carbonyl (C=O) groups excluding carboxylic acids is 3. The number of benzene rings is 1. The van der Waals surface area contributed by atoms with Crippen LogP contribution in [0.15, 0.2) is 47.3 Å². The number of amides is 4. The Morgan fingerprint density at radius 2 is 1.65 bits per heavy atom. The Hall–Kier alpha value is -3.62. The van der Waals surface area contributed by atoms with Crippen molar-refractivity contribution >= 4 is 23.5 Å². The van der Waals surface area contributed by atoms with Gasteiger partial charge in [-0.1, -0.05) is 30.4 Å². The Labute approximate surface area is 178 Å². The molecule has 3 aliphatic rings. The van der Waals surface area contributed by atoms with E-state index in [0.717, 1.165) is 11.3 Å². The zero-order valence-corrected chi connectivity index (χ0v) is 17.2. The van der Waals surface area contributed by atoms with Crippen molar-refractivity contribution in [2.75, 3.05) is 12.0 Å². The van der Waals surface area contributed by atoms with Gasteiger partial charge in [0.2, 0.25) is 11.8 Å². The third-order valence-corrected chi connectivity index (χ3v) is 6.75. The van der Waals surface area contributed by atoms with Crippen LogP contribution in [0, 0.1) is 30.6 Å². The summed E-state index contributed by atoms with van der Waals surface area (Å²) in [7, 11) is 1.73. The number of nitrogens with one attached hydrogen (secondary N) is 2. The first kappa shape index (κ1) is 19.3. The summed E-state index contributed by atoms with van der Waals surface area (Å²) in [4.78, 5) is 51.9. The van der Waals surface area contributed by atoms with Crippen LogP contribution in [-0.4, -0.2) is 38.8 Å². The minimum atomic E-state index is -0.648. The molecule has 5 rings (SSSR count). The Kier molecular flexibility index (Phi) is 4.35. The number of allylic oxidation sites excluding steroid dienone is 2. The number of imide groups is 1. The van der Waals surface area contributed by atoms with E-state index in [1.165, 1.54) is 4.68 Å². The maximum atomic E-state index is 12.9. The normalized spacial score (nSPS) is 25.9. The summed E-state index contributed by atoms with van der Waals surface area (Å²) in [6, 6.07) is 8.45. The van der Waals surface area contributed by atoms with Gasteiger partial charge in [0.1, 0.15) is 12.4 Å². The van der Waals surface area contributed by atoms with Crippen LogP contribution >= 0.6 is 0 Å². The van der Waals surface area contributed by atoms with Crippen molar-refractivity contribution in [3.63, 3.8) is 0 Å². The van der Waals surface area contributed by atoms with Crippen molar-refractivity contribution in [3.8, 4) is 5.69 Å². The first-order valence-electron chi connectivity index (χ1n) is 10.3. The number of anilines is 1. The molecule has 9 heteroatoms. The monoisotopic (exact) mass is 421 g/mol. The van der Waals surface area contributed by atoms with Crippen LogP contribution in [-0.2, 0) is 16.6 Å². The van der Waals surface area contributed by atoms with Crippen molar-refractivity contribution < 1.29 is 14.4 Å². The predicted molar refractivity (Wildman–Crippen MR) is 112 cm³/mol. The molecule has 1 saturated heterocycles. The summed E-state index contributed by atoms with van der Waals surface area (Å²) >= 11 is 0. The standard InChI is InChI=1S/C22H23N5O4/c1-12-18(21(30)27(25(12)2)15-6-4-3-5-7-15)24-22(31)23-11-26-19(28)16-13-8-9-14(10-13)17(16)20(26)29/h3-9,13-14,16-17H,10-11H2,1-2H3,(H2,23,24,31). The van der Waals surface area contributed by atoms with Crippen LogP contribution in [0.1, 0.15) is 12.1 Å². The van der Waals surface area contributed by atoms with Crippen LogP contribution in [0.2, 0.25) is 0 Å². The van der Waals surface area contributed by atoms with Gasteiger partial charge in [0.25, 0.3) is 5.56 Å². The second-order valence-electron chi connectivity index (χ2n) is 8.33. The van der Waals surface area contributed by atoms with E-state index >= 15 is 0 Å². The molecular weight excluding hydrogens is 398 g/mol. The quantitative estimate of drug-likeness (QED) is 0.575. The summed E-state index contributed by atoms with van der Waals surface area (Å²) in [5.41, 5.74) is 1.03. The minimum Gasteiger partial charge on any atom is -0.320 e. The van der Waals surface area contributed by atoms with Crippen LogP contribution in [0.25, 0.3) is 5.69 Å². The van der Waals surface area contributed by atoms with Crippen molar-refractivity contribution in [3.05, 3.63) is 58.5 Å². The lowest BCUT2D eigenvalue weighted by molar-refractivity contribution is -0.140. The highest BCUT2D eigenvalue weighted by molar-refractivity contribution is 6.06. The molecule has 2 N–H and O–H groups in total. The molecule has 1 saturated carbocycles. The van der Waals surface area contributed by atoms with E-state index in [0.29, 0.717) is 11.4 Å². The van der Waals surface area contributed by atoms with Crippen LogP contribution < -0.4 is 16.2 Å². The molecule has 2 fully saturated rings. The Morgan fingerprint density at radius 3 is 2.26 bits per heavy atom. The topological polar surface area (TPSA) is 105 Å². The first-order chi connectivity index (χ1) is 14.9. The number of likely N-dealkylation sites (tertiary alicyclic amines) is 1. The minimum absolute atomic E-state index is 0.119. The summed E-state index contributed by atoms with van der Waals surface area (Å²) in [6.07, 6.45) is 4.91. The SMILES string of the molecule is Cc1c(NC(=O)NCN2C(=O)C3C4C=CC(C4)C3C2=O)c(=O)n(-c2ccccc2)n1C. The Bertz CT molecular complexity index is 1150. The Morgan fingerprint density at radius 1 is 1.03 bits per heavy atom. The average Bonchev–Trinajstić information content (AvgIpc) is 3.48. The summed E-state index contributed by atoms with van der Waals surface area (Å²) < 4.78 is 3.12. The molecule has 2 bridgehead atoms. The second kappa shape index (κ2) is 6.97. The van der Waals surface area contributed by atoms with Gasteiger partial charge in [-0.05, 0) is 37.3 Å². The van der Waals surface area contributed by atoms with E-state index in [9.17, 15) is 19.2 Å². The molecule has 2 aromatic rings. The van der Waals surface area contributed by atoms with Gasteiger partial charge in [0, 0.05) is 7.05 Å². The largest absolute Gasteiger partial charge is 0.320 e. The third-order valence-electron chi connectivity index (χ3n) is 6.75. The lowest BCUT2D eigenvalue weighted by Gasteiger charge is -2.17. The molecule has 0 spiro atoms. The van der Waals surface area contributed by atoms with E-state index in [-0.39, 0.29) is 53.4 Å². The molecule has 160 valence electrons. The molecule has 1 aromatic heterocycles. The fourth-order valence-electron chi connectivity index (χ4n) is 5.14. The lowest BCUT2D eigenvalue weighted by Crippen LogP contribution is -2.44. The first-order valence-corrected chi connectivity index (χ1v) is 10.3. The van der Waals surface area contributed by atoms with E-state index in [4.69, 9.17) is 0 Å². The maximum Gasteiger partial charge on any atom is 0.320 e. The second-order valence-corrected chi connectivity index (χ2v) is 8.33.